The Morgan fingerprint density at radius 2 is 1.92 bits per heavy atom. The molecule has 0 fully saturated rings. The molecule has 5 nitrogen and oxygen atoms in total. The molecule has 0 saturated heterocycles. The maximum Gasteiger partial charge on any atom is 0.162 e. The van der Waals surface area contributed by atoms with Crippen molar-refractivity contribution < 1.29 is 4.74 Å². The molecule has 0 spiro atoms. The van der Waals surface area contributed by atoms with Gasteiger partial charge in [-0.1, -0.05) is 36.4 Å². The number of aromatic nitrogens is 4. The third-order valence-corrected chi connectivity index (χ3v) is 3.93. The molecule has 0 radical (unpaired) electrons. The Labute approximate surface area is 139 Å². The first-order valence-corrected chi connectivity index (χ1v) is 7.63. The van der Waals surface area contributed by atoms with Crippen LogP contribution in [0.15, 0.2) is 73.4 Å². The molecule has 0 saturated carbocycles. The Bertz CT molecular complexity index is 943. The Morgan fingerprint density at radius 1 is 1.04 bits per heavy atom. The summed E-state index contributed by atoms with van der Waals surface area (Å²) < 4.78 is 7.56. The molecule has 1 N–H and O–H groups in total. The van der Waals surface area contributed by atoms with E-state index < -0.39 is 0 Å². The Balaban J connectivity index is 1.88. The molecular weight excluding hydrogens is 300 g/mol. The first-order chi connectivity index (χ1) is 11.9. The first-order valence-electron chi connectivity index (χ1n) is 7.63. The largest absolute Gasteiger partial charge is 0.495 e. The number of H-pyrrole nitrogens is 1. The third kappa shape index (κ3) is 2.46. The molecule has 0 aliphatic heterocycles. The molecule has 0 bridgehead atoms. The van der Waals surface area contributed by atoms with Crippen LogP contribution >= 0.6 is 0 Å². The van der Waals surface area contributed by atoms with E-state index in [2.05, 4.69) is 39.2 Å². The molecule has 0 amide bonds. The van der Waals surface area contributed by atoms with Crippen LogP contribution < -0.4 is 4.74 Å². The van der Waals surface area contributed by atoms with E-state index >= 15 is 0 Å². The second kappa shape index (κ2) is 6.04. The number of hydrogen-bond donors (Lipinski definition) is 1. The fourth-order valence-electron chi connectivity index (χ4n) is 2.76. The van der Waals surface area contributed by atoms with E-state index in [4.69, 9.17) is 4.74 Å². The topological polar surface area (TPSA) is 55.7 Å². The van der Waals surface area contributed by atoms with Gasteiger partial charge in [-0.15, -0.1) is 0 Å². The number of aromatic amines is 1. The minimum absolute atomic E-state index is 0.786. The summed E-state index contributed by atoms with van der Waals surface area (Å²) in [5.41, 5.74) is 4.06. The molecule has 0 unspecified atom stereocenters. The molecule has 24 heavy (non-hydrogen) atoms. The van der Waals surface area contributed by atoms with Crippen LogP contribution in [0.1, 0.15) is 0 Å². The van der Waals surface area contributed by atoms with Crippen LogP contribution in [0, 0.1) is 0 Å². The molecule has 118 valence electrons. The third-order valence-electron chi connectivity index (χ3n) is 3.93. The van der Waals surface area contributed by atoms with Crippen molar-refractivity contribution in [3.8, 4) is 34.1 Å². The lowest BCUT2D eigenvalue weighted by Gasteiger charge is -2.13. The zero-order valence-electron chi connectivity index (χ0n) is 13.2. The van der Waals surface area contributed by atoms with Crippen LogP contribution in [0.2, 0.25) is 0 Å². The number of imidazole rings is 2. The van der Waals surface area contributed by atoms with Crippen LogP contribution in [0.4, 0.5) is 0 Å². The van der Waals surface area contributed by atoms with Gasteiger partial charge < -0.3 is 9.72 Å². The van der Waals surface area contributed by atoms with Gasteiger partial charge in [-0.05, 0) is 23.3 Å². The normalized spacial score (nSPS) is 10.7. The van der Waals surface area contributed by atoms with Gasteiger partial charge in [0.1, 0.15) is 11.4 Å². The molecule has 0 atom stereocenters. The standard InChI is InChI=1S/C19H16N4O/c1-24-18-8-7-15(14-5-3-2-4-6-14)11-17(18)23-10-9-21-19(23)16-12-20-13-22-16/h2-13H,1H3,(H,20,22). The van der Waals surface area contributed by atoms with Crippen molar-refractivity contribution in [2.24, 2.45) is 0 Å². The van der Waals surface area contributed by atoms with Gasteiger partial charge in [0.15, 0.2) is 5.82 Å². The molecule has 4 rings (SSSR count). The number of ether oxygens (including phenoxy) is 1. The van der Waals surface area contributed by atoms with Crippen molar-refractivity contribution in [1.29, 1.82) is 0 Å². The van der Waals surface area contributed by atoms with Crippen LogP contribution in [-0.4, -0.2) is 26.6 Å². The molecule has 5 heteroatoms. The van der Waals surface area contributed by atoms with E-state index in [9.17, 15) is 0 Å². The molecule has 4 aromatic rings. The highest BCUT2D eigenvalue weighted by Gasteiger charge is 2.14. The van der Waals surface area contributed by atoms with E-state index in [0.29, 0.717) is 0 Å². The highest BCUT2D eigenvalue weighted by molar-refractivity contribution is 5.70. The zero-order valence-corrected chi connectivity index (χ0v) is 13.2. The summed E-state index contributed by atoms with van der Waals surface area (Å²) in [4.78, 5) is 11.6. The van der Waals surface area contributed by atoms with E-state index in [1.807, 2.05) is 35.0 Å². The van der Waals surface area contributed by atoms with E-state index in [0.717, 1.165) is 34.1 Å². The number of nitrogens with zero attached hydrogens (tertiary/aromatic N) is 3. The molecular formula is C19H16N4O. The summed E-state index contributed by atoms with van der Waals surface area (Å²) in [5.74, 6) is 1.57. The monoisotopic (exact) mass is 316 g/mol. The van der Waals surface area contributed by atoms with Gasteiger partial charge in [-0.2, -0.15) is 0 Å². The highest BCUT2D eigenvalue weighted by atomic mass is 16.5. The number of benzene rings is 2. The Hall–Kier alpha value is -3.34. The van der Waals surface area contributed by atoms with Crippen molar-refractivity contribution in [3.63, 3.8) is 0 Å². The molecule has 0 aliphatic rings. The minimum atomic E-state index is 0.786. The average molecular weight is 316 g/mol. The Morgan fingerprint density at radius 3 is 2.67 bits per heavy atom. The van der Waals surface area contributed by atoms with Gasteiger partial charge in [0, 0.05) is 12.4 Å². The van der Waals surface area contributed by atoms with E-state index in [1.165, 1.54) is 0 Å². The van der Waals surface area contributed by atoms with Crippen molar-refractivity contribution in [2.75, 3.05) is 7.11 Å². The van der Waals surface area contributed by atoms with Crippen molar-refractivity contribution in [1.82, 2.24) is 19.5 Å². The molecule has 2 aromatic heterocycles. The van der Waals surface area contributed by atoms with Crippen molar-refractivity contribution in [3.05, 3.63) is 73.4 Å². The minimum Gasteiger partial charge on any atom is -0.495 e. The predicted molar refractivity (Wildman–Crippen MR) is 93.1 cm³/mol. The number of methoxy groups -OCH3 is 1. The van der Waals surface area contributed by atoms with E-state index in [1.54, 1.807) is 25.8 Å². The molecule has 2 aromatic carbocycles. The van der Waals surface area contributed by atoms with Gasteiger partial charge in [-0.3, -0.25) is 4.57 Å². The van der Waals surface area contributed by atoms with Crippen LogP contribution in [0.5, 0.6) is 5.75 Å². The SMILES string of the molecule is COc1ccc(-c2ccccc2)cc1-n1ccnc1-c1cnc[nH]1. The second-order valence-electron chi connectivity index (χ2n) is 5.34. The van der Waals surface area contributed by atoms with Gasteiger partial charge in [-0.25, -0.2) is 9.97 Å². The molecule has 0 aliphatic carbocycles. The molecule has 2 heterocycles. The van der Waals surface area contributed by atoms with Crippen LogP contribution in [-0.2, 0) is 0 Å². The van der Waals surface area contributed by atoms with Crippen LogP contribution in [0.3, 0.4) is 0 Å². The second-order valence-corrected chi connectivity index (χ2v) is 5.34. The fourth-order valence-corrected chi connectivity index (χ4v) is 2.76. The summed E-state index contributed by atoms with van der Waals surface area (Å²) in [6.07, 6.45) is 7.09. The maximum absolute atomic E-state index is 5.56. The van der Waals surface area contributed by atoms with E-state index in [-0.39, 0.29) is 0 Å². The summed E-state index contributed by atoms with van der Waals surface area (Å²) in [6, 6.07) is 16.4. The lowest BCUT2D eigenvalue weighted by Crippen LogP contribution is -2.00. The quantitative estimate of drug-likeness (QED) is 0.620. The number of nitrogens with one attached hydrogen (secondary N) is 1. The van der Waals surface area contributed by atoms with Gasteiger partial charge in [0.25, 0.3) is 0 Å². The lowest BCUT2D eigenvalue weighted by molar-refractivity contribution is 0.413. The average Bonchev–Trinajstić information content (AvgIpc) is 3.33. The van der Waals surface area contributed by atoms with Gasteiger partial charge >= 0.3 is 0 Å². The predicted octanol–water partition coefficient (Wildman–Crippen LogP) is 3.94. The van der Waals surface area contributed by atoms with Gasteiger partial charge in [0.05, 0.1) is 25.3 Å². The summed E-state index contributed by atoms with van der Waals surface area (Å²) >= 11 is 0. The smallest absolute Gasteiger partial charge is 0.162 e. The summed E-state index contributed by atoms with van der Waals surface area (Å²) in [7, 11) is 1.67. The van der Waals surface area contributed by atoms with Crippen LogP contribution in [0.25, 0.3) is 28.3 Å². The number of rotatable bonds is 4. The summed E-state index contributed by atoms with van der Waals surface area (Å²) in [6.45, 7) is 0. The van der Waals surface area contributed by atoms with Gasteiger partial charge in [0.2, 0.25) is 0 Å². The Kier molecular flexibility index (Phi) is 3.59. The lowest BCUT2D eigenvalue weighted by atomic mass is 10.0. The fraction of sp³-hybridized carbons (Fsp3) is 0.0526. The van der Waals surface area contributed by atoms with Crippen molar-refractivity contribution in [2.45, 2.75) is 0 Å². The highest BCUT2D eigenvalue weighted by Crippen LogP contribution is 2.31. The maximum atomic E-state index is 5.56. The number of hydrogen-bond acceptors (Lipinski definition) is 3. The summed E-state index contributed by atoms with van der Waals surface area (Å²) in [5, 5.41) is 0. The van der Waals surface area contributed by atoms with Crippen molar-refractivity contribution >= 4 is 0 Å². The first kappa shape index (κ1) is 14.3. The zero-order chi connectivity index (χ0) is 16.4.